The zero-order valence-corrected chi connectivity index (χ0v) is 18.8. The van der Waals surface area contributed by atoms with Gasteiger partial charge in [-0.2, -0.15) is 0 Å². The number of aryl methyl sites for hydroxylation is 2. The van der Waals surface area contributed by atoms with Crippen LogP contribution in [-0.2, 0) is 0 Å². The Morgan fingerprint density at radius 1 is 0.968 bits per heavy atom. The maximum absolute atomic E-state index is 10.4. The van der Waals surface area contributed by atoms with E-state index in [1.165, 1.54) is 0 Å². The summed E-state index contributed by atoms with van der Waals surface area (Å²) in [6, 6.07) is 12.4. The fourth-order valence-electron chi connectivity index (χ4n) is 4.65. The molecule has 0 saturated carbocycles. The molecule has 0 bridgehead atoms. The van der Waals surface area contributed by atoms with Crippen molar-refractivity contribution in [1.29, 1.82) is 0 Å². The van der Waals surface area contributed by atoms with Gasteiger partial charge in [-0.1, -0.05) is 18.2 Å². The van der Waals surface area contributed by atoms with Crippen LogP contribution in [0.25, 0.3) is 0 Å². The van der Waals surface area contributed by atoms with Crippen LogP contribution in [0.2, 0.25) is 0 Å². The van der Waals surface area contributed by atoms with Crippen molar-refractivity contribution < 1.29 is 9.84 Å². The van der Waals surface area contributed by atoms with Gasteiger partial charge in [-0.05, 0) is 44.9 Å². The summed E-state index contributed by atoms with van der Waals surface area (Å²) in [5.41, 5.74) is 2.08. The number of ether oxygens (including phenoxy) is 1. The van der Waals surface area contributed by atoms with Crippen LogP contribution in [0.3, 0.4) is 0 Å². The smallest absolute Gasteiger partial charge is 0.225 e. The molecule has 3 heterocycles. The van der Waals surface area contributed by atoms with Crippen LogP contribution in [0.5, 0.6) is 5.75 Å². The third-order valence-corrected chi connectivity index (χ3v) is 6.30. The predicted molar refractivity (Wildman–Crippen MR) is 123 cm³/mol. The van der Waals surface area contributed by atoms with Crippen molar-refractivity contribution in [2.75, 3.05) is 57.3 Å². The fourth-order valence-corrected chi connectivity index (χ4v) is 4.65. The van der Waals surface area contributed by atoms with Crippen LogP contribution in [0, 0.1) is 13.8 Å². The second kappa shape index (κ2) is 10.4. The summed E-state index contributed by atoms with van der Waals surface area (Å²) < 4.78 is 5.68. The molecule has 0 amide bonds. The van der Waals surface area contributed by atoms with Crippen LogP contribution < -0.4 is 9.64 Å². The van der Waals surface area contributed by atoms with Crippen LogP contribution in [0.4, 0.5) is 5.95 Å². The van der Waals surface area contributed by atoms with E-state index in [1.807, 2.05) is 50.2 Å². The van der Waals surface area contributed by atoms with E-state index >= 15 is 0 Å². The second-order valence-electron chi connectivity index (χ2n) is 8.78. The molecule has 1 N–H and O–H groups in total. The van der Waals surface area contributed by atoms with Crippen molar-refractivity contribution >= 4 is 5.95 Å². The molecule has 1 aromatic heterocycles. The summed E-state index contributed by atoms with van der Waals surface area (Å²) in [6.07, 6.45) is 1.85. The SMILES string of the molecule is Cc1cc(C)nc(N2CCC(N3CCN(CC(O)COc4ccccc4)CC3)CC2)n1. The minimum atomic E-state index is -0.465. The number of para-hydroxylation sites is 1. The first-order valence-electron chi connectivity index (χ1n) is 11.5. The van der Waals surface area contributed by atoms with Gasteiger partial charge in [-0.3, -0.25) is 9.80 Å². The summed E-state index contributed by atoms with van der Waals surface area (Å²) in [5, 5.41) is 10.4. The lowest BCUT2D eigenvalue weighted by Gasteiger charge is -2.43. The van der Waals surface area contributed by atoms with Crippen molar-refractivity contribution in [2.24, 2.45) is 0 Å². The van der Waals surface area contributed by atoms with Crippen molar-refractivity contribution in [2.45, 2.75) is 38.8 Å². The third-order valence-electron chi connectivity index (χ3n) is 6.30. The molecule has 2 aliphatic heterocycles. The molecule has 2 aromatic rings. The first-order chi connectivity index (χ1) is 15.1. The Labute approximate surface area is 185 Å². The molecule has 31 heavy (non-hydrogen) atoms. The number of benzene rings is 1. The monoisotopic (exact) mass is 425 g/mol. The zero-order chi connectivity index (χ0) is 21.6. The number of piperidine rings is 1. The lowest BCUT2D eigenvalue weighted by atomic mass is 10.0. The standard InChI is InChI=1S/C24H35N5O2/c1-19-16-20(2)26-24(25-19)29-10-8-21(9-11-29)28-14-12-27(13-15-28)17-22(30)18-31-23-6-4-3-5-7-23/h3-7,16,21-22,30H,8-15,17-18H2,1-2H3. The highest BCUT2D eigenvalue weighted by Crippen LogP contribution is 2.22. The molecule has 1 unspecified atom stereocenters. The van der Waals surface area contributed by atoms with Crippen LogP contribution in [0.1, 0.15) is 24.2 Å². The Kier molecular flexibility index (Phi) is 7.37. The summed E-state index contributed by atoms with van der Waals surface area (Å²) in [7, 11) is 0. The summed E-state index contributed by atoms with van der Waals surface area (Å²) in [5.74, 6) is 1.69. The maximum atomic E-state index is 10.4. The molecule has 2 saturated heterocycles. The Balaban J connectivity index is 1.17. The van der Waals surface area contributed by atoms with E-state index in [2.05, 4.69) is 24.7 Å². The number of piperazine rings is 1. The average molecular weight is 426 g/mol. The van der Waals surface area contributed by atoms with E-state index in [4.69, 9.17) is 4.74 Å². The minimum absolute atomic E-state index is 0.337. The number of aromatic nitrogens is 2. The molecule has 7 heteroatoms. The lowest BCUT2D eigenvalue weighted by Crippen LogP contribution is -2.54. The summed E-state index contributed by atoms with van der Waals surface area (Å²) in [6.45, 7) is 11.3. The molecule has 0 aliphatic carbocycles. The van der Waals surface area contributed by atoms with Crippen LogP contribution >= 0.6 is 0 Å². The van der Waals surface area contributed by atoms with Crippen molar-refractivity contribution in [3.63, 3.8) is 0 Å². The highest BCUT2D eigenvalue weighted by Gasteiger charge is 2.29. The minimum Gasteiger partial charge on any atom is -0.491 e. The van der Waals surface area contributed by atoms with Crippen LogP contribution in [0.15, 0.2) is 36.4 Å². The number of β-amino-alcohol motifs (C(OH)–C–C–N with tert-alkyl or cyclic N) is 1. The Hall–Kier alpha value is -2.22. The molecule has 0 spiro atoms. The Bertz CT molecular complexity index is 798. The Morgan fingerprint density at radius 3 is 2.26 bits per heavy atom. The van der Waals surface area contributed by atoms with E-state index in [0.29, 0.717) is 19.2 Å². The number of nitrogens with zero attached hydrogens (tertiary/aromatic N) is 5. The molecule has 1 aromatic carbocycles. The number of anilines is 1. The van der Waals surface area contributed by atoms with Gasteiger partial charge < -0.3 is 14.7 Å². The summed E-state index contributed by atoms with van der Waals surface area (Å²) >= 11 is 0. The second-order valence-corrected chi connectivity index (χ2v) is 8.78. The largest absolute Gasteiger partial charge is 0.491 e. The highest BCUT2D eigenvalue weighted by atomic mass is 16.5. The van der Waals surface area contributed by atoms with Gasteiger partial charge in [0, 0.05) is 63.2 Å². The molecule has 2 aliphatic rings. The van der Waals surface area contributed by atoms with E-state index in [1.54, 1.807) is 0 Å². The lowest BCUT2D eigenvalue weighted by molar-refractivity contribution is 0.0331. The van der Waals surface area contributed by atoms with Gasteiger partial charge in [0.1, 0.15) is 18.5 Å². The van der Waals surface area contributed by atoms with Gasteiger partial charge in [0.15, 0.2) is 0 Å². The van der Waals surface area contributed by atoms with Gasteiger partial charge in [0.2, 0.25) is 5.95 Å². The molecule has 7 nitrogen and oxygen atoms in total. The molecule has 4 rings (SSSR count). The molecule has 1 atom stereocenters. The molecular weight excluding hydrogens is 390 g/mol. The van der Waals surface area contributed by atoms with Gasteiger partial charge in [0.05, 0.1) is 0 Å². The van der Waals surface area contributed by atoms with Gasteiger partial charge in [0.25, 0.3) is 0 Å². The zero-order valence-electron chi connectivity index (χ0n) is 18.8. The Morgan fingerprint density at radius 2 is 1.61 bits per heavy atom. The first-order valence-corrected chi connectivity index (χ1v) is 11.5. The summed E-state index contributed by atoms with van der Waals surface area (Å²) in [4.78, 5) is 16.6. The first kappa shape index (κ1) is 22.0. The quantitative estimate of drug-likeness (QED) is 0.729. The number of aliphatic hydroxyl groups is 1. The molecule has 168 valence electrons. The predicted octanol–water partition coefficient (Wildman–Crippen LogP) is 2.12. The molecule has 2 fully saturated rings. The van der Waals surface area contributed by atoms with Crippen molar-refractivity contribution in [3.8, 4) is 5.75 Å². The normalized spacial score (nSPS) is 20.0. The van der Waals surface area contributed by atoms with Gasteiger partial charge >= 0.3 is 0 Å². The number of rotatable bonds is 7. The fraction of sp³-hybridized carbons (Fsp3) is 0.583. The third kappa shape index (κ3) is 6.15. The molecular formula is C24H35N5O2. The van der Waals surface area contributed by atoms with Crippen LogP contribution in [-0.4, -0.2) is 89.4 Å². The number of hydrogen-bond donors (Lipinski definition) is 1. The van der Waals surface area contributed by atoms with E-state index < -0.39 is 6.10 Å². The van der Waals surface area contributed by atoms with E-state index in [0.717, 1.165) is 75.2 Å². The van der Waals surface area contributed by atoms with Gasteiger partial charge in [-0.25, -0.2) is 9.97 Å². The topological polar surface area (TPSA) is 65.0 Å². The highest BCUT2D eigenvalue weighted by molar-refractivity contribution is 5.33. The van der Waals surface area contributed by atoms with E-state index in [-0.39, 0.29) is 0 Å². The van der Waals surface area contributed by atoms with Crippen molar-refractivity contribution in [3.05, 3.63) is 47.8 Å². The number of hydrogen-bond acceptors (Lipinski definition) is 7. The van der Waals surface area contributed by atoms with Gasteiger partial charge in [-0.15, -0.1) is 0 Å². The molecule has 0 radical (unpaired) electrons. The maximum Gasteiger partial charge on any atom is 0.225 e. The average Bonchev–Trinajstić information content (AvgIpc) is 2.78. The van der Waals surface area contributed by atoms with E-state index in [9.17, 15) is 5.11 Å². The van der Waals surface area contributed by atoms with Crippen molar-refractivity contribution in [1.82, 2.24) is 19.8 Å². The number of aliphatic hydroxyl groups excluding tert-OH is 1.